The second-order valence-electron chi connectivity index (χ2n) is 4.75. The van der Waals surface area contributed by atoms with E-state index in [2.05, 4.69) is 4.98 Å². The number of benzene rings is 1. The van der Waals surface area contributed by atoms with Crippen LogP contribution in [-0.4, -0.2) is 21.2 Å². The van der Waals surface area contributed by atoms with Gasteiger partial charge in [0.2, 0.25) is 0 Å². The first-order valence-corrected chi connectivity index (χ1v) is 6.79. The first-order chi connectivity index (χ1) is 10.6. The van der Waals surface area contributed by atoms with Gasteiger partial charge in [-0.25, -0.2) is 9.78 Å². The molecule has 0 atom stereocenters. The van der Waals surface area contributed by atoms with Gasteiger partial charge in [0.05, 0.1) is 12.3 Å². The van der Waals surface area contributed by atoms with Crippen LogP contribution in [0.1, 0.15) is 23.9 Å². The zero-order chi connectivity index (χ0) is 15.9. The second kappa shape index (κ2) is 7.38. The summed E-state index contributed by atoms with van der Waals surface area (Å²) >= 11 is 0. The van der Waals surface area contributed by atoms with Gasteiger partial charge in [-0.1, -0.05) is 30.3 Å². The first kappa shape index (κ1) is 15.7. The molecule has 0 aliphatic rings. The highest BCUT2D eigenvalue weighted by Crippen LogP contribution is 2.21. The molecule has 0 aliphatic heterocycles. The Morgan fingerprint density at radius 1 is 1.23 bits per heavy atom. The van der Waals surface area contributed by atoms with Gasteiger partial charge in [0.25, 0.3) is 0 Å². The van der Waals surface area contributed by atoms with E-state index >= 15 is 0 Å². The Labute approximate surface area is 128 Å². The molecule has 0 fully saturated rings. The molecule has 1 aromatic carbocycles. The molecule has 0 saturated heterocycles. The minimum absolute atomic E-state index is 0.146. The largest absolute Gasteiger partial charge is 0.487 e. The number of aliphatic carboxylic acids is 1. The van der Waals surface area contributed by atoms with Gasteiger partial charge in [-0.2, -0.15) is 0 Å². The van der Waals surface area contributed by atoms with Gasteiger partial charge < -0.3 is 14.9 Å². The normalized spacial score (nSPS) is 11.3. The van der Waals surface area contributed by atoms with Crippen LogP contribution < -0.4 is 4.74 Å². The molecule has 1 aromatic heterocycles. The predicted molar refractivity (Wildman–Crippen MR) is 82.2 cm³/mol. The number of hydrogen-bond acceptors (Lipinski definition) is 4. The highest BCUT2D eigenvalue weighted by molar-refractivity contribution is 5.91. The third-order valence-corrected chi connectivity index (χ3v) is 3.03. The van der Waals surface area contributed by atoms with E-state index in [9.17, 15) is 4.79 Å². The predicted octanol–water partition coefficient (Wildman–Crippen LogP) is 2.64. The van der Waals surface area contributed by atoms with Crippen molar-refractivity contribution in [1.29, 1.82) is 0 Å². The van der Waals surface area contributed by atoms with Gasteiger partial charge in [0.1, 0.15) is 18.1 Å². The van der Waals surface area contributed by atoms with Crippen LogP contribution in [0.15, 0.2) is 48.0 Å². The van der Waals surface area contributed by atoms with Crippen LogP contribution in [0, 0.1) is 0 Å². The van der Waals surface area contributed by atoms with Crippen LogP contribution in [-0.2, 0) is 18.0 Å². The van der Waals surface area contributed by atoms with Crippen LogP contribution in [0.3, 0.4) is 0 Å². The summed E-state index contributed by atoms with van der Waals surface area (Å²) in [6.07, 6.45) is 1.43. The number of rotatable bonds is 6. The van der Waals surface area contributed by atoms with Gasteiger partial charge in [0.15, 0.2) is 0 Å². The van der Waals surface area contributed by atoms with Crippen LogP contribution in [0.2, 0.25) is 0 Å². The lowest BCUT2D eigenvalue weighted by Gasteiger charge is -2.10. The SMILES string of the molecule is C/C(=C\c1nc(CO)ccc1OCc1ccccc1)C(=O)O. The summed E-state index contributed by atoms with van der Waals surface area (Å²) in [4.78, 5) is 15.2. The van der Waals surface area contributed by atoms with Crippen LogP contribution >= 0.6 is 0 Å². The van der Waals surface area contributed by atoms with Crippen molar-refractivity contribution in [3.05, 3.63) is 65.0 Å². The van der Waals surface area contributed by atoms with E-state index in [1.54, 1.807) is 12.1 Å². The Balaban J connectivity index is 2.26. The van der Waals surface area contributed by atoms with E-state index in [-0.39, 0.29) is 12.2 Å². The summed E-state index contributed by atoms with van der Waals surface area (Å²) in [5.41, 5.74) is 1.99. The van der Waals surface area contributed by atoms with E-state index in [0.717, 1.165) is 5.56 Å². The summed E-state index contributed by atoms with van der Waals surface area (Å²) in [7, 11) is 0. The molecular formula is C17H17NO4. The number of ether oxygens (including phenoxy) is 1. The molecule has 2 rings (SSSR count). The van der Waals surface area contributed by atoms with Gasteiger partial charge in [-0.15, -0.1) is 0 Å². The fourth-order valence-corrected chi connectivity index (χ4v) is 1.82. The maximum Gasteiger partial charge on any atom is 0.331 e. The van der Waals surface area contributed by atoms with E-state index in [0.29, 0.717) is 23.7 Å². The number of carboxylic acid groups (broad SMARTS) is 1. The summed E-state index contributed by atoms with van der Waals surface area (Å²) in [5.74, 6) is -0.549. The molecule has 0 radical (unpaired) electrons. The zero-order valence-corrected chi connectivity index (χ0v) is 12.2. The van der Waals surface area contributed by atoms with Crippen molar-refractivity contribution in [1.82, 2.24) is 4.98 Å². The molecule has 2 N–H and O–H groups in total. The van der Waals surface area contributed by atoms with Crippen LogP contribution in [0.25, 0.3) is 6.08 Å². The van der Waals surface area contributed by atoms with Crippen molar-refractivity contribution in [2.24, 2.45) is 0 Å². The topological polar surface area (TPSA) is 79.7 Å². The Morgan fingerprint density at radius 2 is 1.95 bits per heavy atom. The van der Waals surface area contributed by atoms with Crippen molar-refractivity contribution < 1.29 is 19.7 Å². The van der Waals surface area contributed by atoms with E-state index in [1.807, 2.05) is 30.3 Å². The molecule has 0 aliphatic carbocycles. The number of carbonyl (C=O) groups is 1. The molecule has 0 saturated carbocycles. The molecular weight excluding hydrogens is 282 g/mol. The molecule has 0 unspecified atom stereocenters. The number of carboxylic acids is 1. The summed E-state index contributed by atoms with van der Waals surface area (Å²) in [6.45, 7) is 1.62. The van der Waals surface area contributed by atoms with Crippen molar-refractivity contribution in [3.63, 3.8) is 0 Å². The van der Waals surface area contributed by atoms with Crippen molar-refractivity contribution in [2.75, 3.05) is 0 Å². The molecule has 1 heterocycles. The third-order valence-electron chi connectivity index (χ3n) is 3.03. The number of aromatic nitrogens is 1. The lowest BCUT2D eigenvalue weighted by atomic mass is 10.2. The number of nitrogens with zero attached hydrogens (tertiary/aromatic N) is 1. The summed E-state index contributed by atoms with van der Waals surface area (Å²) < 4.78 is 5.72. The van der Waals surface area contributed by atoms with E-state index in [4.69, 9.17) is 14.9 Å². The average molecular weight is 299 g/mol. The van der Waals surface area contributed by atoms with E-state index < -0.39 is 5.97 Å². The van der Waals surface area contributed by atoms with Gasteiger partial charge in [-0.3, -0.25) is 0 Å². The smallest absolute Gasteiger partial charge is 0.331 e. The molecule has 114 valence electrons. The second-order valence-corrected chi connectivity index (χ2v) is 4.75. The quantitative estimate of drug-likeness (QED) is 0.802. The molecule has 5 nitrogen and oxygen atoms in total. The van der Waals surface area contributed by atoms with Gasteiger partial charge >= 0.3 is 5.97 Å². The van der Waals surface area contributed by atoms with Crippen LogP contribution in [0.4, 0.5) is 0 Å². The summed E-state index contributed by atoms with van der Waals surface area (Å²) in [6, 6.07) is 13.0. The fourth-order valence-electron chi connectivity index (χ4n) is 1.82. The number of aliphatic hydroxyl groups excluding tert-OH is 1. The molecule has 0 amide bonds. The lowest BCUT2D eigenvalue weighted by Crippen LogP contribution is -2.02. The molecule has 0 spiro atoms. The number of aliphatic hydroxyl groups is 1. The Hall–Kier alpha value is -2.66. The Kier molecular flexibility index (Phi) is 5.27. The monoisotopic (exact) mass is 299 g/mol. The average Bonchev–Trinajstić information content (AvgIpc) is 2.54. The maximum atomic E-state index is 11.0. The van der Waals surface area contributed by atoms with Gasteiger partial charge in [0, 0.05) is 5.57 Å². The fraction of sp³-hybridized carbons (Fsp3) is 0.176. The van der Waals surface area contributed by atoms with Crippen molar-refractivity contribution >= 4 is 12.0 Å². The number of hydrogen-bond donors (Lipinski definition) is 2. The van der Waals surface area contributed by atoms with Gasteiger partial charge in [-0.05, 0) is 30.7 Å². The highest BCUT2D eigenvalue weighted by Gasteiger charge is 2.08. The molecule has 0 bridgehead atoms. The molecule has 5 heteroatoms. The van der Waals surface area contributed by atoms with Crippen molar-refractivity contribution in [2.45, 2.75) is 20.1 Å². The minimum Gasteiger partial charge on any atom is -0.487 e. The Bertz CT molecular complexity index is 680. The van der Waals surface area contributed by atoms with Crippen LogP contribution in [0.5, 0.6) is 5.75 Å². The molecule has 2 aromatic rings. The van der Waals surface area contributed by atoms with E-state index in [1.165, 1.54) is 13.0 Å². The third kappa shape index (κ3) is 4.17. The summed E-state index contributed by atoms with van der Waals surface area (Å²) in [5, 5.41) is 18.1. The standard InChI is InChI=1S/C17H17NO4/c1-12(17(20)21)9-15-16(8-7-14(10-19)18-15)22-11-13-5-3-2-4-6-13/h2-9,19H,10-11H2,1H3,(H,20,21)/b12-9+. The molecule has 22 heavy (non-hydrogen) atoms. The van der Waals surface area contributed by atoms with Crippen molar-refractivity contribution in [3.8, 4) is 5.75 Å². The Morgan fingerprint density at radius 3 is 2.59 bits per heavy atom. The number of pyridine rings is 1. The maximum absolute atomic E-state index is 11.0. The highest BCUT2D eigenvalue weighted by atomic mass is 16.5. The first-order valence-electron chi connectivity index (χ1n) is 6.79. The minimum atomic E-state index is -1.02. The zero-order valence-electron chi connectivity index (χ0n) is 12.2. The lowest BCUT2D eigenvalue weighted by molar-refractivity contribution is -0.132.